The molecule has 0 aromatic heterocycles. The second-order valence-corrected chi connectivity index (χ2v) is 10.4. The van der Waals surface area contributed by atoms with Crippen molar-refractivity contribution in [3.8, 4) is 0 Å². The van der Waals surface area contributed by atoms with Gasteiger partial charge in [0.1, 0.15) is 24.0 Å². The molecule has 3 aliphatic heterocycles. The van der Waals surface area contributed by atoms with Crippen LogP contribution in [0.15, 0.2) is 6.07 Å². The number of alkyl carbamates (subject to hydrolysis) is 1. The van der Waals surface area contributed by atoms with E-state index in [0.29, 0.717) is 13.0 Å². The Morgan fingerprint density at radius 2 is 1.95 bits per heavy atom. The van der Waals surface area contributed by atoms with Gasteiger partial charge in [-0.2, -0.15) is 13.2 Å². The van der Waals surface area contributed by atoms with Crippen LogP contribution in [0.3, 0.4) is 0 Å². The van der Waals surface area contributed by atoms with Gasteiger partial charge in [-0.25, -0.2) is 9.18 Å². The predicted molar refractivity (Wildman–Crippen MR) is 123 cm³/mol. The Bertz CT molecular complexity index is 1190. The molecule has 3 heterocycles. The van der Waals surface area contributed by atoms with Crippen LogP contribution in [0, 0.1) is 5.82 Å². The molecule has 2 N–H and O–H groups in total. The van der Waals surface area contributed by atoms with Gasteiger partial charge in [-0.05, 0) is 31.9 Å². The molecule has 3 fully saturated rings. The SMILES string of the molecule is O=C1CC[C@@H](N2Cc3c(Cl)cc(CNC(=O)OC4CC(N5CCCC5C(F)(F)F)C4)c(F)c3C2=O)C(=O)N1. The molecule has 1 aromatic rings. The van der Waals surface area contributed by atoms with Crippen LogP contribution in [0.5, 0.6) is 0 Å². The van der Waals surface area contributed by atoms with E-state index in [1.165, 1.54) is 15.9 Å². The maximum atomic E-state index is 15.3. The zero-order valence-electron chi connectivity index (χ0n) is 20.1. The summed E-state index contributed by atoms with van der Waals surface area (Å²) >= 11 is 6.30. The Balaban J connectivity index is 1.16. The highest BCUT2D eigenvalue weighted by molar-refractivity contribution is 6.32. The molecule has 1 unspecified atom stereocenters. The summed E-state index contributed by atoms with van der Waals surface area (Å²) in [6, 6.07) is -1.43. The zero-order chi connectivity index (χ0) is 27.4. The summed E-state index contributed by atoms with van der Waals surface area (Å²) in [4.78, 5) is 51.5. The van der Waals surface area contributed by atoms with E-state index in [4.69, 9.17) is 16.3 Å². The molecule has 2 atom stereocenters. The van der Waals surface area contributed by atoms with E-state index in [9.17, 15) is 32.3 Å². The van der Waals surface area contributed by atoms with Crippen molar-refractivity contribution in [1.82, 2.24) is 20.4 Å². The van der Waals surface area contributed by atoms with Crippen LogP contribution < -0.4 is 10.6 Å². The van der Waals surface area contributed by atoms with Crippen LogP contribution in [0.4, 0.5) is 22.4 Å². The third kappa shape index (κ3) is 4.93. The van der Waals surface area contributed by atoms with Crippen LogP contribution in [0.2, 0.25) is 5.02 Å². The second kappa shape index (κ2) is 9.99. The lowest BCUT2D eigenvalue weighted by Gasteiger charge is -2.43. The summed E-state index contributed by atoms with van der Waals surface area (Å²) in [7, 11) is 0. The summed E-state index contributed by atoms with van der Waals surface area (Å²) in [5.41, 5.74) is -0.149. The van der Waals surface area contributed by atoms with Gasteiger partial charge in [0.15, 0.2) is 0 Å². The van der Waals surface area contributed by atoms with Crippen LogP contribution in [0.1, 0.15) is 60.0 Å². The van der Waals surface area contributed by atoms with Gasteiger partial charge in [0, 0.05) is 54.5 Å². The number of halogens is 5. The number of alkyl halides is 3. The minimum absolute atomic E-state index is 0.0483. The smallest absolute Gasteiger partial charge is 0.407 e. The van der Waals surface area contributed by atoms with Crippen molar-refractivity contribution < 1.29 is 41.5 Å². The van der Waals surface area contributed by atoms with Crippen molar-refractivity contribution in [3.63, 3.8) is 0 Å². The number of amides is 4. The number of rotatable bonds is 5. The van der Waals surface area contributed by atoms with Crippen molar-refractivity contribution >= 4 is 35.4 Å². The maximum absolute atomic E-state index is 15.3. The fourth-order valence-corrected chi connectivity index (χ4v) is 5.97. The fourth-order valence-electron chi connectivity index (χ4n) is 5.68. The number of imide groups is 1. The number of nitrogens with zero attached hydrogens (tertiary/aromatic N) is 2. The van der Waals surface area contributed by atoms with E-state index in [0.717, 1.165) is 0 Å². The highest BCUT2D eigenvalue weighted by Gasteiger charge is 2.51. The van der Waals surface area contributed by atoms with Crippen LogP contribution >= 0.6 is 11.6 Å². The lowest BCUT2D eigenvalue weighted by atomic mass is 9.87. The van der Waals surface area contributed by atoms with Gasteiger partial charge in [-0.15, -0.1) is 0 Å². The van der Waals surface area contributed by atoms with Crippen LogP contribution in [0.25, 0.3) is 0 Å². The first-order valence-corrected chi connectivity index (χ1v) is 12.7. The van der Waals surface area contributed by atoms with Crippen molar-refractivity contribution in [2.24, 2.45) is 0 Å². The van der Waals surface area contributed by atoms with Crippen molar-refractivity contribution in [2.45, 2.75) is 82.0 Å². The van der Waals surface area contributed by atoms with Gasteiger partial charge in [-0.1, -0.05) is 11.6 Å². The lowest BCUT2D eigenvalue weighted by molar-refractivity contribution is -0.188. The summed E-state index contributed by atoms with van der Waals surface area (Å²) in [6.45, 7) is -0.0887. The van der Waals surface area contributed by atoms with Crippen LogP contribution in [-0.4, -0.2) is 70.6 Å². The highest BCUT2D eigenvalue weighted by Crippen LogP contribution is 2.40. The van der Waals surface area contributed by atoms with E-state index in [1.54, 1.807) is 0 Å². The number of carbonyl (C=O) groups excluding carboxylic acids is 4. The lowest BCUT2D eigenvalue weighted by Crippen LogP contribution is -2.54. The quantitative estimate of drug-likeness (QED) is 0.423. The first kappa shape index (κ1) is 26.7. The normalized spacial score (nSPS) is 27.7. The Morgan fingerprint density at radius 1 is 1.21 bits per heavy atom. The molecule has 206 valence electrons. The number of hydrogen-bond acceptors (Lipinski definition) is 6. The fraction of sp³-hybridized carbons (Fsp3) is 0.583. The van der Waals surface area contributed by atoms with E-state index in [1.807, 2.05) is 0 Å². The molecule has 1 saturated carbocycles. The van der Waals surface area contributed by atoms with E-state index in [-0.39, 0.29) is 72.9 Å². The Labute approximate surface area is 219 Å². The molecule has 0 bridgehead atoms. The summed E-state index contributed by atoms with van der Waals surface area (Å²) < 4.78 is 60.1. The largest absolute Gasteiger partial charge is 0.446 e. The molecule has 1 aliphatic carbocycles. The monoisotopic (exact) mass is 560 g/mol. The highest BCUT2D eigenvalue weighted by atomic mass is 35.5. The number of carbonyl (C=O) groups is 4. The minimum atomic E-state index is -4.29. The number of hydrogen-bond donors (Lipinski definition) is 2. The standard InChI is InChI=1S/C24H25ClF4N4O5/c25-15-6-11(20(26)19-14(15)10-33(22(19)36)16-3-4-18(34)31-21(16)35)9-30-23(37)38-13-7-12(8-13)32-5-1-2-17(32)24(27,28)29/h6,12-13,16-17H,1-5,7-10H2,(H,30,37)(H,31,34,35)/t12?,13?,16-,17?/m1/s1. The molecular formula is C24H25ClF4N4O5. The third-order valence-corrected chi connectivity index (χ3v) is 8.03. The maximum Gasteiger partial charge on any atom is 0.407 e. The number of nitrogens with one attached hydrogen (secondary N) is 2. The molecule has 4 aliphatic rings. The van der Waals surface area contributed by atoms with Gasteiger partial charge < -0.3 is 15.0 Å². The van der Waals surface area contributed by atoms with Gasteiger partial charge >= 0.3 is 12.3 Å². The number of ether oxygens (including phenoxy) is 1. The van der Waals surface area contributed by atoms with Gasteiger partial charge in [-0.3, -0.25) is 24.6 Å². The minimum Gasteiger partial charge on any atom is -0.446 e. The molecule has 1 aromatic carbocycles. The average molecular weight is 561 g/mol. The molecule has 0 spiro atoms. The Morgan fingerprint density at radius 3 is 2.63 bits per heavy atom. The molecule has 5 rings (SSSR count). The summed E-state index contributed by atoms with van der Waals surface area (Å²) in [5.74, 6) is -2.71. The number of likely N-dealkylation sites (tertiary alicyclic amines) is 1. The van der Waals surface area contributed by atoms with Crippen molar-refractivity contribution in [1.29, 1.82) is 0 Å². The number of benzene rings is 1. The second-order valence-electron chi connectivity index (χ2n) is 10.0. The van der Waals surface area contributed by atoms with Crippen molar-refractivity contribution in [3.05, 3.63) is 33.6 Å². The first-order chi connectivity index (χ1) is 17.9. The molecule has 0 radical (unpaired) electrons. The third-order valence-electron chi connectivity index (χ3n) is 7.69. The van der Waals surface area contributed by atoms with Gasteiger partial charge in [0.25, 0.3) is 5.91 Å². The Hall–Kier alpha value is -2.93. The Kier molecular flexibility index (Phi) is 7.01. The van der Waals surface area contributed by atoms with E-state index < -0.39 is 54.0 Å². The number of fused-ring (bicyclic) bond motifs is 1. The summed E-state index contributed by atoms with van der Waals surface area (Å²) in [5, 5.41) is 4.65. The molecular weight excluding hydrogens is 536 g/mol. The molecule has 2 saturated heterocycles. The van der Waals surface area contributed by atoms with Gasteiger partial charge in [0.05, 0.1) is 5.56 Å². The molecule has 14 heteroatoms. The molecule has 4 amide bonds. The first-order valence-electron chi connectivity index (χ1n) is 12.4. The molecule has 38 heavy (non-hydrogen) atoms. The topological polar surface area (TPSA) is 108 Å². The van der Waals surface area contributed by atoms with Crippen molar-refractivity contribution in [2.75, 3.05) is 6.54 Å². The molecule has 9 nitrogen and oxygen atoms in total. The van der Waals surface area contributed by atoms with E-state index >= 15 is 4.39 Å². The predicted octanol–water partition coefficient (Wildman–Crippen LogP) is 3.02. The zero-order valence-corrected chi connectivity index (χ0v) is 20.8. The average Bonchev–Trinajstić information content (AvgIpc) is 3.43. The van der Waals surface area contributed by atoms with E-state index in [2.05, 4.69) is 10.6 Å². The van der Waals surface area contributed by atoms with Crippen LogP contribution in [-0.2, 0) is 27.4 Å². The van der Waals surface area contributed by atoms with Gasteiger partial charge in [0.2, 0.25) is 11.8 Å². The summed E-state index contributed by atoms with van der Waals surface area (Å²) in [6.07, 6.45) is -4.45. The number of piperidine rings is 1.